The number of nitrogens with one attached hydrogen (secondary N) is 1. The molecule has 0 atom stereocenters. The van der Waals surface area contributed by atoms with Crippen molar-refractivity contribution in [3.05, 3.63) is 24.3 Å². The summed E-state index contributed by atoms with van der Waals surface area (Å²) in [5.41, 5.74) is 7.33. The second-order valence-corrected chi connectivity index (χ2v) is 2.44. The number of hydrogen-bond acceptors (Lipinski definition) is 3. The van der Waals surface area contributed by atoms with Crippen molar-refractivity contribution in [3.63, 3.8) is 0 Å². The lowest BCUT2D eigenvalue weighted by Crippen LogP contribution is -2.05. The summed E-state index contributed by atoms with van der Waals surface area (Å²) in [6.45, 7) is 7.20. The van der Waals surface area contributed by atoms with Crippen LogP contribution in [0.25, 0.3) is 0 Å². The first-order valence-corrected chi connectivity index (χ1v) is 5.00. The second kappa shape index (κ2) is 8.38. The average Bonchev–Trinajstić information content (AvgIpc) is 2.21. The van der Waals surface area contributed by atoms with Gasteiger partial charge in [0, 0.05) is 18.0 Å². The average molecular weight is 196 g/mol. The summed E-state index contributed by atoms with van der Waals surface area (Å²) in [4.78, 5) is 0. The maximum atomic E-state index is 5.58. The quantitative estimate of drug-likeness (QED) is 0.442. The Morgan fingerprint density at radius 1 is 1.36 bits per heavy atom. The molecule has 1 rings (SSSR count). The number of rotatable bonds is 4. The topological polar surface area (TPSA) is 47.3 Å². The van der Waals surface area contributed by atoms with Gasteiger partial charge in [-0.3, -0.25) is 0 Å². The number of nitrogen functional groups attached to an aromatic ring is 1. The largest absolute Gasteiger partial charge is 0.399 e. The molecule has 0 aliphatic carbocycles. The molecule has 0 saturated heterocycles. The van der Waals surface area contributed by atoms with E-state index in [4.69, 9.17) is 10.5 Å². The van der Waals surface area contributed by atoms with E-state index in [2.05, 4.69) is 5.32 Å². The lowest BCUT2D eigenvalue weighted by Gasteiger charge is -2.05. The van der Waals surface area contributed by atoms with Crippen LogP contribution in [-0.4, -0.2) is 13.3 Å². The molecular weight excluding hydrogens is 176 g/mol. The van der Waals surface area contributed by atoms with Crippen molar-refractivity contribution in [3.8, 4) is 0 Å². The lowest BCUT2D eigenvalue weighted by atomic mass is 10.3. The highest BCUT2D eigenvalue weighted by atomic mass is 16.5. The molecule has 0 amide bonds. The highest BCUT2D eigenvalue weighted by Crippen LogP contribution is 2.10. The molecular formula is C11H20N2O. The molecule has 1 aromatic rings. The Kier molecular flexibility index (Phi) is 7.65. The third-order valence-electron chi connectivity index (χ3n) is 1.47. The van der Waals surface area contributed by atoms with Gasteiger partial charge in [-0.25, -0.2) is 0 Å². The van der Waals surface area contributed by atoms with Crippen LogP contribution >= 0.6 is 0 Å². The Bertz CT molecular complexity index is 238. The van der Waals surface area contributed by atoms with E-state index in [9.17, 15) is 0 Å². The van der Waals surface area contributed by atoms with Gasteiger partial charge in [-0.1, -0.05) is 19.9 Å². The number of nitrogens with two attached hydrogens (primary N) is 1. The zero-order valence-corrected chi connectivity index (χ0v) is 9.21. The van der Waals surface area contributed by atoms with Crippen LogP contribution in [0.5, 0.6) is 0 Å². The van der Waals surface area contributed by atoms with Crippen molar-refractivity contribution < 1.29 is 4.74 Å². The van der Waals surface area contributed by atoms with Gasteiger partial charge in [-0.15, -0.1) is 0 Å². The summed E-state index contributed by atoms with van der Waals surface area (Å²) >= 11 is 0. The predicted molar refractivity (Wildman–Crippen MR) is 62.3 cm³/mol. The van der Waals surface area contributed by atoms with Crippen molar-refractivity contribution in [1.29, 1.82) is 0 Å². The van der Waals surface area contributed by atoms with Crippen LogP contribution in [0.3, 0.4) is 0 Å². The molecule has 0 aliphatic heterocycles. The molecule has 0 aromatic heterocycles. The third-order valence-corrected chi connectivity index (χ3v) is 1.47. The summed E-state index contributed by atoms with van der Waals surface area (Å²) in [6, 6.07) is 7.59. The van der Waals surface area contributed by atoms with Gasteiger partial charge in [0.1, 0.15) is 6.73 Å². The fourth-order valence-corrected chi connectivity index (χ4v) is 0.885. The van der Waals surface area contributed by atoms with Gasteiger partial charge < -0.3 is 15.8 Å². The van der Waals surface area contributed by atoms with Crippen molar-refractivity contribution in [2.75, 3.05) is 24.4 Å². The molecule has 3 heteroatoms. The van der Waals surface area contributed by atoms with Crippen LogP contribution in [0.2, 0.25) is 0 Å². The normalized spacial score (nSPS) is 8.79. The summed E-state index contributed by atoms with van der Waals surface area (Å²) in [5.74, 6) is 0. The van der Waals surface area contributed by atoms with Crippen LogP contribution in [-0.2, 0) is 4.74 Å². The van der Waals surface area contributed by atoms with E-state index in [0.717, 1.165) is 18.0 Å². The van der Waals surface area contributed by atoms with Gasteiger partial charge in [0.25, 0.3) is 0 Å². The van der Waals surface area contributed by atoms with E-state index in [1.165, 1.54) is 0 Å². The van der Waals surface area contributed by atoms with Gasteiger partial charge in [-0.05, 0) is 25.1 Å². The standard InChI is InChI=1S/C9H14N2O.C2H6/c1-2-12-7-11-9-5-3-4-8(10)6-9;1-2/h3-6,11H,2,7,10H2,1H3;1-2H3. The van der Waals surface area contributed by atoms with Crippen LogP contribution in [0.4, 0.5) is 11.4 Å². The highest BCUT2D eigenvalue weighted by molar-refractivity contribution is 5.53. The molecule has 1 aromatic carbocycles. The number of hydrogen-bond donors (Lipinski definition) is 2. The van der Waals surface area contributed by atoms with Crippen molar-refractivity contribution in [2.24, 2.45) is 0 Å². The summed E-state index contributed by atoms with van der Waals surface area (Å²) < 4.78 is 5.13. The Morgan fingerprint density at radius 2 is 2.07 bits per heavy atom. The summed E-state index contributed by atoms with van der Waals surface area (Å²) in [6.07, 6.45) is 0. The molecule has 0 radical (unpaired) electrons. The minimum absolute atomic E-state index is 0.528. The van der Waals surface area contributed by atoms with E-state index in [0.29, 0.717) is 6.73 Å². The van der Waals surface area contributed by atoms with Gasteiger partial charge in [0.15, 0.2) is 0 Å². The van der Waals surface area contributed by atoms with Gasteiger partial charge in [0.2, 0.25) is 0 Å². The van der Waals surface area contributed by atoms with E-state index in [1.807, 2.05) is 45.0 Å². The molecule has 0 fully saturated rings. The Morgan fingerprint density at radius 3 is 2.64 bits per heavy atom. The van der Waals surface area contributed by atoms with E-state index < -0.39 is 0 Å². The number of ether oxygens (including phenoxy) is 1. The summed E-state index contributed by atoms with van der Waals surface area (Å²) in [7, 11) is 0. The predicted octanol–water partition coefficient (Wildman–Crippen LogP) is 2.70. The van der Waals surface area contributed by atoms with Crippen LogP contribution < -0.4 is 11.1 Å². The molecule has 14 heavy (non-hydrogen) atoms. The molecule has 0 aliphatic rings. The number of anilines is 2. The second-order valence-electron chi connectivity index (χ2n) is 2.44. The monoisotopic (exact) mass is 196 g/mol. The first kappa shape index (κ1) is 12.8. The molecule has 3 N–H and O–H groups in total. The first-order chi connectivity index (χ1) is 6.83. The SMILES string of the molecule is CC.CCOCNc1cccc(N)c1. The summed E-state index contributed by atoms with van der Waals surface area (Å²) in [5, 5.41) is 3.08. The van der Waals surface area contributed by atoms with Crippen molar-refractivity contribution in [1.82, 2.24) is 0 Å². The van der Waals surface area contributed by atoms with Gasteiger partial charge in [0.05, 0.1) is 0 Å². The van der Waals surface area contributed by atoms with E-state index in [1.54, 1.807) is 0 Å². The molecule has 3 nitrogen and oxygen atoms in total. The van der Waals surface area contributed by atoms with Crippen molar-refractivity contribution >= 4 is 11.4 Å². The first-order valence-electron chi connectivity index (χ1n) is 5.00. The van der Waals surface area contributed by atoms with E-state index >= 15 is 0 Å². The fourth-order valence-electron chi connectivity index (χ4n) is 0.885. The number of benzene rings is 1. The van der Waals surface area contributed by atoms with Crippen molar-refractivity contribution in [2.45, 2.75) is 20.8 Å². The van der Waals surface area contributed by atoms with Crippen LogP contribution in [0.15, 0.2) is 24.3 Å². The zero-order chi connectivity index (χ0) is 10.8. The Balaban J connectivity index is 0.000000791. The minimum atomic E-state index is 0.528. The molecule has 0 bridgehead atoms. The maximum absolute atomic E-state index is 5.58. The van der Waals surface area contributed by atoms with Crippen LogP contribution in [0.1, 0.15) is 20.8 Å². The van der Waals surface area contributed by atoms with Crippen LogP contribution in [0, 0.1) is 0 Å². The van der Waals surface area contributed by atoms with Gasteiger partial charge >= 0.3 is 0 Å². The molecule has 0 unspecified atom stereocenters. The fraction of sp³-hybridized carbons (Fsp3) is 0.455. The lowest BCUT2D eigenvalue weighted by molar-refractivity contribution is 0.167. The minimum Gasteiger partial charge on any atom is -0.399 e. The maximum Gasteiger partial charge on any atom is 0.116 e. The third kappa shape index (κ3) is 5.43. The molecule has 0 saturated carbocycles. The highest BCUT2D eigenvalue weighted by Gasteiger charge is 1.90. The molecule has 0 spiro atoms. The molecule has 0 heterocycles. The smallest absolute Gasteiger partial charge is 0.116 e. The Labute approximate surface area is 86.3 Å². The van der Waals surface area contributed by atoms with E-state index in [-0.39, 0.29) is 0 Å². The van der Waals surface area contributed by atoms with Gasteiger partial charge in [-0.2, -0.15) is 0 Å². The Hall–Kier alpha value is -1.22. The molecule has 80 valence electrons. The zero-order valence-electron chi connectivity index (χ0n) is 9.21.